The smallest absolute Gasteiger partial charge is 0.285 e. The summed E-state index contributed by atoms with van der Waals surface area (Å²) in [6.45, 7) is 0.222. The van der Waals surface area contributed by atoms with E-state index in [0.717, 1.165) is 5.56 Å². The van der Waals surface area contributed by atoms with Crippen molar-refractivity contribution in [2.45, 2.75) is 11.3 Å². The summed E-state index contributed by atoms with van der Waals surface area (Å²) in [7, 11) is -2.18. The van der Waals surface area contributed by atoms with Gasteiger partial charge in [0.05, 0.1) is 32.4 Å². The number of nitrogens with zero attached hydrogens (tertiary/aromatic N) is 4. The van der Waals surface area contributed by atoms with Crippen LogP contribution in [0.4, 0.5) is 0 Å². The molecule has 1 aliphatic heterocycles. The van der Waals surface area contributed by atoms with E-state index in [0.29, 0.717) is 11.3 Å². The first-order chi connectivity index (χ1) is 12.5. The second kappa shape index (κ2) is 7.37. The first-order valence-electron chi connectivity index (χ1n) is 7.82. The summed E-state index contributed by atoms with van der Waals surface area (Å²) in [6, 6.07) is 15.9. The molecule has 0 saturated heterocycles. The molecule has 0 aromatic heterocycles. The lowest BCUT2D eigenvalue weighted by atomic mass is 10.2. The number of amidine groups is 1. The first-order valence-corrected chi connectivity index (χ1v) is 9.26. The number of rotatable bonds is 5. The van der Waals surface area contributed by atoms with Crippen LogP contribution in [0.3, 0.4) is 0 Å². The molecule has 8 heteroatoms. The van der Waals surface area contributed by atoms with Gasteiger partial charge in [-0.3, -0.25) is 0 Å². The van der Waals surface area contributed by atoms with Crippen LogP contribution in [0.25, 0.3) is 0 Å². The van der Waals surface area contributed by atoms with Gasteiger partial charge >= 0.3 is 0 Å². The van der Waals surface area contributed by atoms with Crippen molar-refractivity contribution in [2.75, 3.05) is 13.7 Å². The SMILES string of the molecule is COc1cccc(/C=N/N(CCC#N)C2=NS(=O)(=O)c3ccccc32)c1. The predicted molar refractivity (Wildman–Crippen MR) is 97.7 cm³/mol. The standard InChI is InChI=1S/C18H16N4O3S/c1-25-15-7-4-6-14(12-15)13-20-22(11-5-10-19)18-16-8-2-3-9-17(16)26(23,24)21-18/h2-4,6-9,12-13H,5,11H2,1H3/b20-13+. The summed E-state index contributed by atoms with van der Waals surface area (Å²) in [4.78, 5) is 0.147. The lowest BCUT2D eigenvalue weighted by molar-refractivity contribution is 0.414. The quantitative estimate of drug-likeness (QED) is 0.596. The van der Waals surface area contributed by atoms with Crippen LogP contribution in [0.1, 0.15) is 17.5 Å². The fourth-order valence-corrected chi connectivity index (χ4v) is 3.71. The summed E-state index contributed by atoms with van der Waals surface area (Å²) in [6.07, 6.45) is 1.76. The summed E-state index contributed by atoms with van der Waals surface area (Å²) in [5, 5.41) is 14.7. The number of fused-ring (bicyclic) bond motifs is 1. The van der Waals surface area contributed by atoms with Gasteiger partial charge in [-0.05, 0) is 29.8 Å². The van der Waals surface area contributed by atoms with Crippen molar-refractivity contribution in [1.29, 1.82) is 5.26 Å². The molecule has 0 fully saturated rings. The molecule has 0 saturated carbocycles. The molecule has 0 bridgehead atoms. The average Bonchev–Trinajstić information content (AvgIpc) is 2.93. The highest BCUT2D eigenvalue weighted by molar-refractivity contribution is 7.90. The molecule has 1 heterocycles. The molecular weight excluding hydrogens is 352 g/mol. The van der Waals surface area contributed by atoms with E-state index in [2.05, 4.69) is 9.50 Å². The molecule has 0 unspecified atom stereocenters. The molecule has 3 rings (SSSR count). The molecule has 26 heavy (non-hydrogen) atoms. The largest absolute Gasteiger partial charge is 0.497 e. The van der Waals surface area contributed by atoms with Gasteiger partial charge in [-0.1, -0.05) is 24.3 Å². The van der Waals surface area contributed by atoms with Crippen LogP contribution in [0.2, 0.25) is 0 Å². The number of hydrogen-bond donors (Lipinski definition) is 0. The van der Waals surface area contributed by atoms with Gasteiger partial charge < -0.3 is 4.74 Å². The Balaban J connectivity index is 1.97. The van der Waals surface area contributed by atoms with Crippen molar-refractivity contribution in [3.05, 3.63) is 59.7 Å². The van der Waals surface area contributed by atoms with Gasteiger partial charge in [0.1, 0.15) is 10.6 Å². The monoisotopic (exact) mass is 368 g/mol. The number of hydrazone groups is 1. The Morgan fingerprint density at radius 1 is 1.27 bits per heavy atom. The maximum absolute atomic E-state index is 12.3. The van der Waals surface area contributed by atoms with Gasteiger partial charge in [-0.15, -0.1) is 4.40 Å². The molecule has 1 aliphatic rings. The van der Waals surface area contributed by atoms with Crippen molar-refractivity contribution in [3.8, 4) is 11.8 Å². The number of benzene rings is 2. The molecule has 2 aromatic carbocycles. The molecule has 0 N–H and O–H groups in total. The van der Waals surface area contributed by atoms with E-state index >= 15 is 0 Å². The van der Waals surface area contributed by atoms with E-state index in [-0.39, 0.29) is 23.7 Å². The van der Waals surface area contributed by atoms with E-state index in [9.17, 15) is 8.42 Å². The first kappa shape index (κ1) is 17.6. The van der Waals surface area contributed by atoms with Crippen LogP contribution in [-0.4, -0.2) is 39.1 Å². The molecule has 7 nitrogen and oxygen atoms in total. The lowest BCUT2D eigenvalue weighted by Crippen LogP contribution is -2.27. The van der Waals surface area contributed by atoms with E-state index in [4.69, 9.17) is 10.00 Å². The third-order valence-corrected chi connectivity index (χ3v) is 5.06. The third kappa shape index (κ3) is 3.58. The zero-order valence-corrected chi connectivity index (χ0v) is 14.8. The molecule has 0 spiro atoms. The minimum atomic E-state index is -3.75. The Labute approximate surface area is 151 Å². The van der Waals surface area contributed by atoms with Crippen molar-refractivity contribution in [2.24, 2.45) is 9.50 Å². The summed E-state index contributed by atoms with van der Waals surface area (Å²) >= 11 is 0. The zero-order chi connectivity index (χ0) is 18.6. The highest BCUT2D eigenvalue weighted by Crippen LogP contribution is 2.27. The minimum Gasteiger partial charge on any atom is -0.497 e. The molecule has 0 atom stereocenters. The normalized spacial score (nSPS) is 14.5. The van der Waals surface area contributed by atoms with Gasteiger partial charge in [0, 0.05) is 5.56 Å². The van der Waals surface area contributed by atoms with E-state index in [1.807, 2.05) is 24.3 Å². The molecular formula is C18H16N4O3S. The van der Waals surface area contributed by atoms with Gasteiger partial charge in [0.2, 0.25) is 0 Å². The topological polar surface area (TPSA) is 95.1 Å². The van der Waals surface area contributed by atoms with Crippen LogP contribution in [0.15, 0.2) is 62.9 Å². The fourth-order valence-electron chi connectivity index (χ4n) is 2.51. The van der Waals surface area contributed by atoms with Gasteiger partial charge in [0.15, 0.2) is 5.84 Å². The number of nitriles is 1. The van der Waals surface area contributed by atoms with Crippen molar-refractivity contribution in [3.63, 3.8) is 0 Å². The Kier molecular flexibility index (Phi) is 5.00. The Hall–Kier alpha value is -3.18. The third-order valence-electron chi connectivity index (χ3n) is 3.73. The maximum atomic E-state index is 12.3. The van der Waals surface area contributed by atoms with Crippen LogP contribution < -0.4 is 4.74 Å². The summed E-state index contributed by atoms with van der Waals surface area (Å²) < 4.78 is 33.5. The molecule has 0 aliphatic carbocycles. The van der Waals surface area contributed by atoms with Crippen molar-refractivity contribution < 1.29 is 13.2 Å². The van der Waals surface area contributed by atoms with Crippen molar-refractivity contribution in [1.82, 2.24) is 5.01 Å². The fraction of sp³-hybridized carbons (Fsp3) is 0.167. The Morgan fingerprint density at radius 2 is 2.08 bits per heavy atom. The molecule has 0 amide bonds. The summed E-state index contributed by atoms with van der Waals surface area (Å²) in [5.41, 5.74) is 1.26. The second-order valence-electron chi connectivity index (χ2n) is 5.44. The van der Waals surface area contributed by atoms with Gasteiger partial charge in [-0.25, -0.2) is 5.01 Å². The number of methoxy groups -OCH3 is 1. The zero-order valence-electron chi connectivity index (χ0n) is 14.0. The predicted octanol–water partition coefficient (Wildman–Crippen LogP) is 2.39. The highest BCUT2D eigenvalue weighted by atomic mass is 32.2. The van der Waals surface area contributed by atoms with Crippen LogP contribution >= 0.6 is 0 Å². The van der Waals surface area contributed by atoms with Gasteiger partial charge in [-0.2, -0.15) is 18.8 Å². The minimum absolute atomic E-state index is 0.147. The average molecular weight is 368 g/mol. The molecule has 2 aromatic rings. The van der Waals surface area contributed by atoms with E-state index < -0.39 is 10.0 Å². The number of sulfonamides is 1. The summed E-state index contributed by atoms with van der Waals surface area (Å²) in [5.74, 6) is 0.902. The van der Waals surface area contributed by atoms with Crippen molar-refractivity contribution >= 4 is 22.1 Å². The molecule has 132 valence electrons. The van der Waals surface area contributed by atoms with Gasteiger partial charge in [0.25, 0.3) is 10.0 Å². The van der Waals surface area contributed by atoms with Crippen LogP contribution in [0, 0.1) is 11.3 Å². The number of hydrogen-bond acceptors (Lipinski definition) is 6. The lowest BCUT2D eigenvalue weighted by Gasteiger charge is -2.17. The Morgan fingerprint density at radius 3 is 2.85 bits per heavy atom. The maximum Gasteiger partial charge on any atom is 0.285 e. The van der Waals surface area contributed by atoms with Crippen LogP contribution in [0.5, 0.6) is 5.75 Å². The van der Waals surface area contributed by atoms with Crippen LogP contribution in [-0.2, 0) is 10.0 Å². The number of ether oxygens (including phenoxy) is 1. The second-order valence-corrected chi connectivity index (χ2v) is 7.01. The molecule has 0 radical (unpaired) electrons. The van der Waals surface area contributed by atoms with E-state index in [1.54, 1.807) is 37.6 Å². The van der Waals surface area contributed by atoms with E-state index in [1.165, 1.54) is 11.1 Å². The Bertz CT molecular complexity index is 1020. The highest BCUT2D eigenvalue weighted by Gasteiger charge is 2.31.